The second-order valence-corrected chi connectivity index (χ2v) is 37.2. The fraction of sp³-hybridized carbons (Fsp3) is 0.582. The lowest BCUT2D eigenvalue weighted by Crippen LogP contribution is -2.61. The minimum atomic E-state index is -2.47. The lowest BCUT2D eigenvalue weighted by Gasteiger charge is -2.43. The second-order valence-electron chi connectivity index (χ2n) is 37.2. The van der Waals surface area contributed by atoms with Crippen molar-refractivity contribution < 1.29 is 86.1 Å². The Morgan fingerprint density at radius 1 is 0.709 bits per heavy atom. The number of aliphatic hydroxyl groups is 2. The standard InChI is InChI=1S/C98H132N18O18/c1-59-17-13-12-14-18-60(2)78(126-8)49-73-25-20-65(7)98(125,134-73)88(120)92(122)115-30-16-15-19-75(115)93(123)131-80(50-79(127-9)61(3)44-64(6)86(119)87(129-11)85(118)63(5)43-59)62(4)45-66-22-26-77(81(47-66)128-10)133-97(124)105-53-68-51-101-95(102-52-68)113-38-36-111(37-39-113)82(117)29-41-130-42-40-110-32-34-112(35-33-110)96-103-54-72(55-104-96)91(121)114-31-28-69-46-67(21-23-71(69)57-114)56-116-90-83(89(99)106-58-107-90)84(109-116)70-24-27-76-74(48-70)108-94(100)132-76/h12-14,17-18,21,23-24,27,44,46,48,51-52,54-55,58-59,61-63,65-66,73,75,77-81,86-87,119,125H,15-16,19-20,22,25-26,28-43,45,47,49-50,53,56-57H2,1-11H3,(H2,100,108)(H,105,124)(H2,99,106,107)/b14-12+,17-13+,60-18+,64-44+/t59-,61-,62-,63-,65-,66+,73+,75+,77-,78+,79-,80+,81-,86-,87+,98-/m1/s1. The van der Waals surface area contributed by atoms with Crippen molar-refractivity contribution in [2.45, 2.75) is 219 Å². The summed E-state index contributed by atoms with van der Waals surface area (Å²) in [4.78, 5) is 142. The number of aliphatic hydroxyl groups excluding tert-OH is 1. The summed E-state index contributed by atoms with van der Waals surface area (Å²) in [6.45, 7) is 21.3. The zero-order valence-corrected chi connectivity index (χ0v) is 79.0. The van der Waals surface area contributed by atoms with Crippen LogP contribution in [-0.4, -0.2) is 290 Å². The summed E-state index contributed by atoms with van der Waals surface area (Å²) >= 11 is 0. The molecule has 2 aromatic carbocycles. The summed E-state index contributed by atoms with van der Waals surface area (Å²) in [6, 6.07) is 10.8. The maximum absolute atomic E-state index is 15.0. The summed E-state index contributed by atoms with van der Waals surface area (Å²) in [5.74, 6) is -6.15. The number of allylic oxidation sites excluding steroid dienone is 5. The number of esters is 1. The molecule has 7 aromatic rings. The van der Waals surface area contributed by atoms with Gasteiger partial charge in [0.1, 0.15) is 53.8 Å². The van der Waals surface area contributed by atoms with Gasteiger partial charge in [0.15, 0.2) is 17.0 Å². The average Bonchev–Trinajstić information content (AvgIpc) is 1.55. The number of hydrogen-bond donors (Lipinski definition) is 5. The van der Waals surface area contributed by atoms with Crippen molar-refractivity contribution in [3.8, 4) is 11.3 Å². The molecule has 16 atom stereocenters. The minimum Gasteiger partial charge on any atom is -0.460 e. The Hall–Kier alpha value is -11.1. The Morgan fingerprint density at radius 3 is 2.18 bits per heavy atom. The molecule has 7 N–H and O–H groups in total. The number of nitrogens with one attached hydrogen (secondary N) is 1. The third-order valence-electron chi connectivity index (χ3n) is 27.9. The van der Waals surface area contributed by atoms with E-state index in [2.05, 4.69) is 68.2 Å². The van der Waals surface area contributed by atoms with E-state index in [1.165, 1.54) is 18.3 Å². The number of cyclic esters (lactones) is 1. The van der Waals surface area contributed by atoms with Gasteiger partial charge in [-0.05, 0) is 148 Å². The Bertz CT molecular complexity index is 5360. The Labute approximate surface area is 782 Å². The van der Waals surface area contributed by atoms with Gasteiger partial charge in [-0.15, -0.1) is 0 Å². The van der Waals surface area contributed by atoms with Gasteiger partial charge < -0.3 is 93.8 Å². The number of hydrogen-bond acceptors (Lipinski definition) is 31. The topological polar surface area (TPSA) is 438 Å². The molecule has 1 aliphatic carbocycles. The molecule has 7 aliphatic rings. The van der Waals surface area contributed by atoms with E-state index in [4.69, 9.17) is 58.9 Å². The van der Waals surface area contributed by atoms with Crippen molar-refractivity contribution in [2.75, 3.05) is 135 Å². The number of nitrogens with two attached hydrogens (primary N) is 2. The number of anilines is 4. The van der Waals surface area contributed by atoms with Gasteiger partial charge in [0.05, 0.1) is 61.5 Å². The number of rotatable bonds is 22. The lowest BCUT2D eigenvalue weighted by molar-refractivity contribution is -0.265. The molecule has 11 heterocycles. The fourth-order valence-electron chi connectivity index (χ4n) is 19.8. The number of alkyl carbamates (subject to hydrolysis) is 1. The third-order valence-corrected chi connectivity index (χ3v) is 27.9. The van der Waals surface area contributed by atoms with E-state index in [9.17, 15) is 39.0 Å². The monoisotopic (exact) mass is 1850 g/mol. The van der Waals surface area contributed by atoms with E-state index in [1.807, 2.05) is 103 Å². The van der Waals surface area contributed by atoms with Gasteiger partial charge in [-0.1, -0.05) is 89.3 Å². The van der Waals surface area contributed by atoms with Crippen molar-refractivity contribution in [3.05, 3.63) is 143 Å². The van der Waals surface area contributed by atoms with Crippen LogP contribution in [0.3, 0.4) is 0 Å². The molecular weight excluding hydrogens is 1720 g/mol. The Kier molecular flexibility index (Phi) is 33.6. The van der Waals surface area contributed by atoms with Crippen molar-refractivity contribution in [1.82, 2.24) is 69.6 Å². The molecule has 6 aliphatic heterocycles. The highest BCUT2D eigenvalue weighted by atomic mass is 16.6. The number of piperidine rings is 1. The number of benzene rings is 2. The van der Waals surface area contributed by atoms with Crippen molar-refractivity contribution in [2.24, 2.45) is 35.5 Å². The van der Waals surface area contributed by atoms with Crippen LogP contribution in [0, 0.1) is 35.5 Å². The minimum absolute atomic E-state index is 0.00246. The van der Waals surface area contributed by atoms with Crippen LogP contribution in [0.5, 0.6) is 0 Å². The Morgan fingerprint density at radius 2 is 1.45 bits per heavy atom. The van der Waals surface area contributed by atoms with Gasteiger partial charge in [0.2, 0.25) is 23.6 Å². The first-order valence-electron chi connectivity index (χ1n) is 47.2. The van der Waals surface area contributed by atoms with Crippen LogP contribution < -0.4 is 26.6 Å². The number of ketones is 2. The number of oxazole rings is 1. The molecule has 2 bridgehead atoms. The van der Waals surface area contributed by atoms with Crippen LogP contribution in [0.2, 0.25) is 0 Å². The largest absolute Gasteiger partial charge is 0.460 e. The van der Waals surface area contributed by atoms with E-state index in [1.54, 1.807) is 66.0 Å². The molecule has 0 radical (unpaired) electrons. The highest BCUT2D eigenvalue weighted by Crippen LogP contribution is 2.41. The number of ether oxygens (including phenoxy) is 8. The predicted molar refractivity (Wildman–Crippen MR) is 500 cm³/mol. The van der Waals surface area contributed by atoms with E-state index < -0.39 is 102 Å². The van der Waals surface area contributed by atoms with Gasteiger partial charge in [-0.2, -0.15) is 10.1 Å². The van der Waals surface area contributed by atoms with E-state index in [0.29, 0.717) is 212 Å². The van der Waals surface area contributed by atoms with E-state index >= 15 is 4.79 Å². The number of Topliss-reactive ketones (excluding diaryl/α,β-unsaturated/α-hetero) is 2. The van der Waals surface area contributed by atoms with Crippen molar-refractivity contribution in [1.29, 1.82) is 0 Å². The number of amides is 4. The number of carbonyl (C=O) groups excluding carboxylic acids is 7. The van der Waals surface area contributed by atoms with Crippen molar-refractivity contribution in [3.63, 3.8) is 0 Å². The molecule has 4 saturated heterocycles. The maximum atomic E-state index is 15.0. The van der Waals surface area contributed by atoms with Gasteiger partial charge in [0, 0.05) is 180 Å². The van der Waals surface area contributed by atoms with Gasteiger partial charge in [-0.25, -0.2) is 44.2 Å². The van der Waals surface area contributed by atoms with E-state index in [-0.39, 0.29) is 73.7 Å². The van der Waals surface area contributed by atoms with Gasteiger partial charge in [-0.3, -0.25) is 28.9 Å². The van der Waals surface area contributed by atoms with Crippen LogP contribution >= 0.6 is 0 Å². The SMILES string of the molecule is CO[C@H]1C[C@@H]2CC[C@@H](C)[C@@](O)(O2)C(=O)C(=O)N2CCCC[C@H]2C(=O)O[C@H]([C@H](C)C[C@@H]2CC[C@@H](OC(=O)NCc3cnc(N4CCN(C(=O)CCOCCN5CCN(c6ncc(C(=O)N7CCc8cc(Cn9nc(-c%10ccc%11oc(N)nc%11c%10)c%10c(N)ncnc%109)ccc8C7)cn6)CC5)CC4)nc3)[C@H](OC)C2)C[C@@H](OC)[C@H](C)/C=C(\C)[C@@H](O)[C@@H](OC)C(=O)[C@H](C)C[C@H](C)/C=C/C=C/C=C/1C. The number of methoxy groups -OCH3 is 4. The van der Waals surface area contributed by atoms with Crippen LogP contribution in [0.4, 0.5) is 28.5 Å². The van der Waals surface area contributed by atoms with Crippen molar-refractivity contribution >= 4 is 87.2 Å². The third kappa shape index (κ3) is 24.0. The molecule has 134 heavy (non-hydrogen) atoms. The highest BCUT2D eigenvalue weighted by Gasteiger charge is 2.54. The fourth-order valence-corrected chi connectivity index (χ4v) is 19.8. The average molecular weight is 1850 g/mol. The molecular formula is C98H132N18O18. The molecule has 36 nitrogen and oxygen atoms in total. The number of piperazine rings is 2. The predicted octanol–water partition coefficient (Wildman–Crippen LogP) is 9.38. The summed E-state index contributed by atoms with van der Waals surface area (Å²) < 4.78 is 56.2. The molecule has 36 heteroatoms. The normalized spacial score (nSPS) is 28.2. The van der Waals surface area contributed by atoms with Crippen LogP contribution in [0.15, 0.2) is 120 Å². The number of aromatic nitrogens is 9. The molecule has 722 valence electrons. The number of carbonyl (C=O) groups is 7. The Balaban J connectivity index is 0.502. The van der Waals surface area contributed by atoms with Crippen LogP contribution in [0.25, 0.3) is 33.4 Å². The highest BCUT2D eigenvalue weighted by molar-refractivity contribution is 6.39. The summed E-state index contributed by atoms with van der Waals surface area (Å²) in [5, 5.41) is 32.5. The molecule has 0 unspecified atom stereocenters. The summed E-state index contributed by atoms with van der Waals surface area (Å²) in [6.07, 6.45) is 19.2. The number of nitrogens with zero attached hydrogens (tertiary/aromatic N) is 15. The maximum Gasteiger partial charge on any atom is 0.407 e. The first-order chi connectivity index (χ1) is 64.6. The van der Waals surface area contributed by atoms with Gasteiger partial charge >= 0.3 is 12.1 Å². The lowest BCUT2D eigenvalue weighted by atomic mass is 9.78. The molecule has 4 amide bonds. The van der Waals surface area contributed by atoms with Gasteiger partial charge in [0.25, 0.3) is 23.6 Å². The van der Waals surface area contributed by atoms with Crippen LogP contribution in [0.1, 0.15) is 165 Å². The molecule has 14 rings (SSSR count). The number of nitrogen functional groups attached to an aromatic ring is 2. The second kappa shape index (κ2) is 45.5. The molecule has 1 saturated carbocycles. The van der Waals surface area contributed by atoms with Crippen LogP contribution in [-0.2, 0) is 87.9 Å². The number of fused-ring (bicyclic) bond motifs is 6. The summed E-state index contributed by atoms with van der Waals surface area (Å²) in [5.41, 5.74) is 21.1. The smallest absolute Gasteiger partial charge is 0.407 e. The molecule has 0 spiro atoms. The zero-order valence-electron chi connectivity index (χ0n) is 79.0. The summed E-state index contributed by atoms with van der Waals surface area (Å²) in [7, 11) is 6.15. The molecule has 5 aromatic heterocycles. The van der Waals surface area contributed by atoms with E-state index in [0.717, 1.165) is 40.9 Å². The first kappa shape index (κ1) is 98.9. The molecule has 5 fully saturated rings. The quantitative estimate of drug-likeness (QED) is 0.0182. The first-order valence-corrected chi connectivity index (χ1v) is 47.2. The zero-order chi connectivity index (χ0) is 95.0.